The summed E-state index contributed by atoms with van der Waals surface area (Å²) >= 11 is 0. The standard InChI is InChI=1S/C20H19NO5/c22-18-11-12-19(23)21(18)16-9-7-15(8-10-16)20(24)26-14-4-13-25-17-5-2-1-3-6-17/h1-3,5-10H,4,11-14H2. The second kappa shape index (κ2) is 8.29. The van der Waals surface area contributed by atoms with Crippen molar-refractivity contribution in [2.75, 3.05) is 18.1 Å². The van der Waals surface area contributed by atoms with E-state index in [4.69, 9.17) is 9.47 Å². The third-order valence-corrected chi connectivity index (χ3v) is 3.95. The average molecular weight is 353 g/mol. The van der Waals surface area contributed by atoms with Gasteiger partial charge in [-0.3, -0.25) is 14.5 Å². The summed E-state index contributed by atoms with van der Waals surface area (Å²) in [7, 11) is 0. The van der Waals surface area contributed by atoms with Gasteiger partial charge >= 0.3 is 5.97 Å². The topological polar surface area (TPSA) is 72.9 Å². The molecule has 0 unspecified atom stereocenters. The number of hydrogen-bond acceptors (Lipinski definition) is 5. The highest BCUT2D eigenvalue weighted by molar-refractivity contribution is 6.19. The molecular formula is C20H19NO5. The second-order valence-corrected chi connectivity index (χ2v) is 5.82. The van der Waals surface area contributed by atoms with Crippen molar-refractivity contribution < 1.29 is 23.9 Å². The Morgan fingerprint density at radius 3 is 2.19 bits per heavy atom. The van der Waals surface area contributed by atoms with E-state index in [1.165, 1.54) is 0 Å². The number of rotatable bonds is 7. The number of anilines is 1. The lowest BCUT2D eigenvalue weighted by Crippen LogP contribution is -2.28. The van der Waals surface area contributed by atoms with E-state index in [9.17, 15) is 14.4 Å². The molecule has 0 radical (unpaired) electrons. The summed E-state index contributed by atoms with van der Waals surface area (Å²) in [6.45, 7) is 0.700. The Morgan fingerprint density at radius 2 is 1.54 bits per heavy atom. The zero-order valence-corrected chi connectivity index (χ0v) is 14.2. The lowest BCUT2D eigenvalue weighted by molar-refractivity contribution is -0.121. The first-order chi connectivity index (χ1) is 12.6. The number of imide groups is 1. The molecule has 134 valence electrons. The van der Waals surface area contributed by atoms with Gasteiger partial charge < -0.3 is 9.47 Å². The molecule has 0 N–H and O–H groups in total. The van der Waals surface area contributed by atoms with Gasteiger partial charge in [-0.05, 0) is 36.4 Å². The van der Waals surface area contributed by atoms with Gasteiger partial charge in [-0.1, -0.05) is 18.2 Å². The molecule has 1 aliphatic rings. The Labute approximate surface area is 151 Å². The van der Waals surface area contributed by atoms with Crippen LogP contribution in [0.4, 0.5) is 5.69 Å². The molecule has 0 spiro atoms. The zero-order valence-electron chi connectivity index (χ0n) is 14.2. The minimum atomic E-state index is -0.449. The van der Waals surface area contributed by atoms with Gasteiger partial charge in [-0.15, -0.1) is 0 Å². The quantitative estimate of drug-likeness (QED) is 0.435. The van der Waals surface area contributed by atoms with Crippen molar-refractivity contribution in [1.29, 1.82) is 0 Å². The van der Waals surface area contributed by atoms with E-state index in [0.717, 1.165) is 10.6 Å². The molecule has 1 fully saturated rings. The van der Waals surface area contributed by atoms with Crippen LogP contribution in [0.2, 0.25) is 0 Å². The number of nitrogens with zero attached hydrogens (tertiary/aromatic N) is 1. The third kappa shape index (κ3) is 4.27. The van der Waals surface area contributed by atoms with Crippen LogP contribution in [-0.4, -0.2) is 31.0 Å². The molecule has 0 saturated carbocycles. The molecule has 6 heteroatoms. The first-order valence-corrected chi connectivity index (χ1v) is 8.46. The number of para-hydroxylation sites is 1. The van der Waals surface area contributed by atoms with Gasteiger partial charge in [0.2, 0.25) is 11.8 Å². The van der Waals surface area contributed by atoms with Crippen molar-refractivity contribution in [2.45, 2.75) is 19.3 Å². The highest BCUT2D eigenvalue weighted by atomic mass is 16.5. The Bertz CT molecular complexity index is 770. The second-order valence-electron chi connectivity index (χ2n) is 5.82. The number of carbonyl (C=O) groups is 3. The van der Waals surface area contributed by atoms with Gasteiger partial charge in [0.1, 0.15) is 5.75 Å². The number of amides is 2. The van der Waals surface area contributed by atoms with Crippen LogP contribution in [0.5, 0.6) is 5.75 Å². The maximum Gasteiger partial charge on any atom is 0.338 e. The first-order valence-electron chi connectivity index (χ1n) is 8.46. The number of ether oxygens (including phenoxy) is 2. The molecule has 0 aliphatic carbocycles. The summed E-state index contributed by atoms with van der Waals surface area (Å²) in [6.07, 6.45) is 1.04. The van der Waals surface area contributed by atoms with Crippen molar-refractivity contribution in [3.8, 4) is 5.75 Å². The first kappa shape index (κ1) is 17.7. The Balaban J connectivity index is 1.45. The summed E-state index contributed by atoms with van der Waals surface area (Å²) in [5.41, 5.74) is 0.849. The van der Waals surface area contributed by atoms with E-state index in [-0.39, 0.29) is 31.3 Å². The van der Waals surface area contributed by atoms with E-state index >= 15 is 0 Å². The highest BCUT2D eigenvalue weighted by Crippen LogP contribution is 2.23. The van der Waals surface area contributed by atoms with Gasteiger partial charge in [-0.25, -0.2) is 4.79 Å². The largest absolute Gasteiger partial charge is 0.493 e. The molecule has 1 heterocycles. The summed E-state index contributed by atoms with van der Waals surface area (Å²) in [4.78, 5) is 36.6. The fourth-order valence-corrected chi connectivity index (χ4v) is 2.62. The molecule has 3 rings (SSSR count). The molecule has 2 aromatic carbocycles. The van der Waals surface area contributed by atoms with E-state index in [1.54, 1.807) is 24.3 Å². The maximum absolute atomic E-state index is 12.0. The monoisotopic (exact) mass is 353 g/mol. The lowest BCUT2D eigenvalue weighted by atomic mass is 10.2. The van der Waals surface area contributed by atoms with Crippen LogP contribution in [0.25, 0.3) is 0 Å². The molecule has 0 bridgehead atoms. The SMILES string of the molecule is O=C(OCCCOc1ccccc1)c1ccc(N2C(=O)CCC2=O)cc1. The molecule has 2 aromatic rings. The van der Waals surface area contributed by atoms with Gasteiger partial charge in [-0.2, -0.15) is 0 Å². The van der Waals surface area contributed by atoms with Crippen LogP contribution in [-0.2, 0) is 14.3 Å². The van der Waals surface area contributed by atoms with Gasteiger partial charge in [0.15, 0.2) is 0 Å². The number of carbonyl (C=O) groups excluding carboxylic acids is 3. The molecule has 2 amide bonds. The number of esters is 1. The van der Waals surface area contributed by atoms with Gasteiger partial charge in [0.05, 0.1) is 24.5 Å². The van der Waals surface area contributed by atoms with Crippen LogP contribution < -0.4 is 9.64 Å². The van der Waals surface area contributed by atoms with E-state index in [0.29, 0.717) is 24.3 Å². The van der Waals surface area contributed by atoms with Gasteiger partial charge in [0, 0.05) is 19.3 Å². The highest BCUT2D eigenvalue weighted by Gasteiger charge is 2.30. The van der Waals surface area contributed by atoms with Crippen LogP contribution in [0.15, 0.2) is 54.6 Å². The molecule has 26 heavy (non-hydrogen) atoms. The van der Waals surface area contributed by atoms with Crippen molar-refractivity contribution >= 4 is 23.5 Å². The summed E-state index contributed by atoms with van der Waals surface area (Å²) in [6, 6.07) is 15.7. The van der Waals surface area contributed by atoms with Crippen LogP contribution in [0, 0.1) is 0 Å². The average Bonchev–Trinajstić information content (AvgIpc) is 3.00. The minimum absolute atomic E-state index is 0.219. The molecule has 1 aliphatic heterocycles. The van der Waals surface area contributed by atoms with Crippen LogP contribution in [0.3, 0.4) is 0 Å². The third-order valence-electron chi connectivity index (χ3n) is 3.95. The smallest absolute Gasteiger partial charge is 0.338 e. The maximum atomic E-state index is 12.0. The Morgan fingerprint density at radius 1 is 0.885 bits per heavy atom. The van der Waals surface area contributed by atoms with E-state index in [1.807, 2.05) is 30.3 Å². The summed E-state index contributed by atoms with van der Waals surface area (Å²) < 4.78 is 10.7. The fourth-order valence-electron chi connectivity index (χ4n) is 2.62. The van der Waals surface area contributed by atoms with Crippen molar-refractivity contribution in [2.24, 2.45) is 0 Å². The molecule has 6 nitrogen and oxygen atoms in total. The molecule has 0 atom stereocenters. The predicted octanol–water partition coefficient (Wildman–Crippen LogP) is 2.97. The molecule has 0 aromatic heterocycles. The van der Waals surface area contributed by atoms with Crippen molar-refractivity contribution in [1.82, 2.24) is 0 Å². The normalized spacial score (nSPS) is 13.8. The molecular weight excluding hydrogens is 334 g/mol. The van der Waals surface area contributed by atoms with E-state index < -0.39 is 5.97 Å². The van der Waals surface area contributed by atoms with Crippen LogP contribution in [0.1, 0.15) is 29.6 Å². The van der Waals surface area contributed by atoms with Crippen LogP contribution >= 0.6 is 0 Å². The zero-order chi connectivity index (χ0) is 18.4. The minimum Gasteiger partial charge on any atom is -0.493 e. The van der Waals surface area contributed by atoms with E-state index in [2.05, 4.69) is 0 Å². The number of hydrogen-bond donors (Lipinski definition) is 0. The number of benzene rings is 2. The lowest BCUT2D eigenvalue weighted by Gasteiger charge is -2.14. The fraction of sp³-hybridized carbons (Fsp3) is 0.250. The Kier molecular flexibility index (Phi) is 5.63. The van der Waals surface area contributed by atoms with Crippen molar-refractivity contribution in [3.05, 3.63) is 60.2 Å². The summed E-state index contributed by atoms with van der Waals surface area (Å²) in [5.74, 6) is -0.108. The Hall–Kier alpha value is -3.15. The van der Waals surface area contributed by atoms with Crippen molar-refractivity contribution in [3.63, 3.8) is 0 Å². The molecule has 1 saturated heterocycles. The predicted molar refractivity (Wildman–Crippen MR) is 95.0 cm³/mol. The van der Waals surface area contributed by atoms with Gasteiger partial charge in [0.25, 0.3) is 0 Å². The summed E-state index contributed by atoms with van der Waals surface area (Å²) in [5, 5.41) is 0.